The molecule has 0 aliphatic carbocycles. The number of imidazole rings is 1. The van der Waals surface area contributed by atoms with Crippen molar-refractivity contribution in [3.8, 4) is 0 Å². The summed E-state index contributed by atoms with van der Waals surface area (Å²) in [5.41, 5.74) is 7.74. The molecule has 0 fully saturated rings. The molecule has 0 unspecified atom stereocenters. The van der Waals surface area contributed by atoms with Crippen LogP contribution in [-0.4, -0.2) is 33.1 Å². The van der Waals surface area contributed by atoms with Gasteiger partial charge in [0.15, 0.2) is 0 Å². The number of halogens is 2. The van der Waals surface area contributed by atoms with Gasteiger partial charge in [-0.3, -0.25) is 4.90 Å². The monoisotopic (exact) mass is 328 g/mol. The first kappa shape index (κ1) is 16.4. The molecule has 6 heteroatoms. The van der Waals surface area contributed by atoms with Crippen LogP contribution in [0.2, 0.25) is 10.0 Å². The fraction of sp³-hybridized carbons (Fsp3) is 0.533. The molecule has 0 atom stereocenters. The van der Waals surface area contributed by atoms with E-state index in [0.717, 1.165) is 24.1 Å². The molecule has 2 aromatic rings. The molecule has 0 bridgehead atoms. The first-order valence-corrected chi connectivity index (χ1v) is 7.93. The molecule has 0 aliphatic heterocycles. The Balaban J connectivity index is 2.30. The van der Waals surface area contributed by atoms with Gasteiger partial charge in [0, 0.05) is 25.2 Å². The molecule has 0 saturated carbocycles. The molecular formula is C15H22Cl2N4. The van der Waals surface area contributed by atoms with Crippen LogP contribution < -0.4 is 5.73 Å². The van der Waals surface area contributed by atoms with Gasteiger partial charge in [-0.2, -0.15) is 0 Å². The Morgan fingerprint density at radius 3 is 2.29 bits per heavy atom. The molecule has 116 valence electrons. The lowest BCUT2D eigenvalue weighted by atomic mass is 10.2. The van der Waals surface area contributed by atoms with Gasteiger partial charge in [-0.15, -0.1) is 0 Å². The van der Waals surface area contributed by atoms with Crippen LogP contribution in [0.1, 0.15) is 27.7 Å². The molecular weight excluding hydrogens is 307 g/mol. The van der Waals surface area contributed by atoms with Crippen molar-refractivity contribution < 1.29 is 0 Å². The van der Waals surface area contributed by atoms with Crippen LogP contribution in [0.3, 0.4) is 0 Å². The van der Waals surface area contributed by atoms with Gasteiger partial charge in [-0.1, -0.05) is 23.2 Å². The summed E-state index contributed by atoms with van der Waals surface area (Å²) >= 11 is 12.1. The highest BCUT2D eigenvalue weighted by atomic mass is 35.5. The van der Waals surface area contributed by atoms with E-state index in [-0.39, 0.29) is 0 Å². The number of benzene rings is 1. The van der Waals surface area contributed by atoms with Crippen molar-refractivity contribution in [3.05, 3.63) is 22.2 Å². The molecule has 21 heavy (non-hydrogen) atoms. The third kappa shape index (κ3) is 3.44. The number of aromatic nitrogens is 2. The van der Waals surface area contributed by atoms with Crippen LogP contribution in [0, 0.1) is 0 Å². The van der Waals surface area contributed by atoms with Crippen molar-refractivity contribution in [1.82, 2.24) is 14.5 Å². The van der Waals surface area contributed by atoms with E-state index in [1.165, 1.54) is 0 Å². The lowest BCUT2D eigenvalue weighted by molar-refractivity contribution is 0.169. The Morgan fingerprint density at radius 1 is 1.14 bits per heavy atom. The third-order valence-corrected chi connectivity index (χ3v) is 4.45. The highest BCUT2D eigenvalue weighted by Gasteiger charge is 2.16. The molecule has 1 aromatic heterocycles. The van der Waals surface area contributed by atoms with Gasteiger partial charge < -0.3 is 10.3 Å². The van der Waals surface area contributed by atoms with E-state index >= 15 is 0 Å². The number of nitrogens with zero attached hydrogens (tertiary/aromatic N) is 3. The Morgan fingerprint density at radius 2 is 1.71 bits per heavy atom. The molecule has 1 aromatic carbocycles. The first-order valence-electron chi connectivity index (χ1n) is 7.17. The molecule has 4 nitrogen and oxygen atoms in total. The van der Waals surface area contributed by atoms with Gasteiger partial charge in [0.05, 0.1) is 21.1 Å². The summed E-state index contributed by atoms with van der Waals surface area (Å²) in [6, 6.07) is 4.56. The standard InChI is InChI=1S/C15H22Cl2N4/c1-9(2)20(10(3)4)5-6-21-14-8-12(17)11(16)7-13(14)19-15(21)18/h7-10H,5-6H2,1-4H3,(H2,18,19). The number of anilines is 1. The number of hydrogen-bond donors (Lipinski definition) is 1. The SMILES string of the molecule is CC(C)N(CCn1c(N)nc2cc(Cl)c(Cl)cc21)C(C)C. The minimum absolute atomic E-state index is 0.485. The van der Waals surface area contributed by atoms with Crippen molar-refractivity contribution in [1.29, 1.82) is 0 Å². The van der Waals surface area contributed by atoms with Crippen molar-refractivity contribution in [3.63, 3.8) is 0 Å². The van der Waals surface area contributed by atoms with Gasteiger partial charge in [-0.25, -0.2) is 4.98 Å². The van der Waals surface area contributed by atoms with Crippen molar-refractivity contribution in [2.75, 3.05) is 12.3 Å². The summed E-state index contributed by atoms with van der Waals surface area (Å²) in [4.78, 5) is 6.78. The molecule has 0 amide bonds. The maximum atomic E-state index is 6.11. The second-order valence-corrected chi connectivity index (χ2v) is 6.62. The predicted molar refractivity (Wildman–Crippen MR) is 91.1 cm³/mol. The number of rotatable bonds is 5. The van der Waals surface area contributed by atoms with Crippen LogP contribution in [0.15, 0.2) is 12.1 Å². The van der Waals surface area contributed by atoms with E-state index in [4.69, 9.17) is 28.9 Å². The maximum absolute atomic E-state index is 6.11. The van der Waals surface area contributed by atoms with E-state index in [0.29, 0.717) is 28.1 Å². The zero-order valence-electron chi connectivity index (χ0n) is 12.9. The number of nitrogen functional groups attached to an aromatic ring is 1. The zero-order valence-corrected chi connectivity index (χ0v) is 14.4. The normalized spacial score (nSPS) is 12.2. The molecule has 0 spiro atoms. The second-order valence-electron chi connectivity index (χ2n) is 5.80. The van der Waals surface area contributed by atoms with Crippen molar-refractivity contribution in [2.45, 2.75) is 46.3 Å². The number of hydrogen-bond acceptors (Lipinski definition) is 3. The largest absolute Gasteiger partial charge is 0.369 e. The quantitative estimate of drug-likeness (QED) is 0.900. The highest BCUT2D eigenvalue weighted by Crippen LogP contribution is 2.29. The topological polar surface area (TPSA) is 47.1 Å². The Kier molecular flexibility index (Phi) is 5.02. The summed E-state index contributed by atoms with van der Waals surface area (Å²) in [7, 11) is 0. The van der Waals surface area contributed by atoms with Gasteiger partial charge in [0.25, 0.3) is 0 Å². The van der Waals surface area contributed by atoms with Crippen LogP contribution in [0.5, 0.6) is 0 Å². The minimum Gasteiger partial charge on any atom is -0.369 e. The summed E-state index contributed by atoms with van der Waals surface area (Å²) in [6.07, 6.45) is 0. The number of fused-ring (bicyclic) bond motifs is 1. The molecule has 0 saturated heterocycles. The van der Waals surface area contributed by atoms with E-state index in [2.05, 4.69) is 37.6 Å². The van der Waals surface area contributed by atoms with Crippen LogP contribution in [-0.2, 0) is 6.54 Å². The second kappa shape index (κ2) is 6.42. The number of nitrogens with two attached hydrogens (primary N) is 1. The van der Waals surface area contributed by atoms with E-state index in [1.54, 1.807) is 6.07 Å². The Bertz CT molecular complexity index is 626. The summed E-state index contributed by atoms with van der Waals surface area (Å²) in [5, 5.41) is 1.02. The van der Waals surface area contributed by atoms with Gasteiger partial charge in [0.1, 0.15) is 0 Å². The van der Waals surface area contributed by atoms with E-state index < -0.39 is 0 Å². The van der Waals surface area contributed by atoms with Crippen LogP contribution in [0.4, 0.5) is 5.95 Å². The fourth-order valence-corrected chi connectivity index (χ4v) is 3.02. The summed E-state index contributed by atoms with van der Waals surface area (Å²) < 4.78 is 2.00. The molecule has 0 radical (unpaired) electrons. The molecule has 2 N–H and O–H groups in total. The maximum Gasteiger partial charge on any atom is 0.201 e. The van der Waals surface area contributed by atoms with E-state index in [1.807, 2.05) is 10.6 Å². The summed E-state index contributed by atoms with van der Waals surface area (Å²) in [6.45, 7) is 10.5. The Labute approximate surface area is 135 Å². The van der Waals surface area contributed by atoms with Crippen molar-refractivity contribution >= 4 is 40.2 Å². The fourth-order valence-electron chi connectivity index (χ4n) is 2.70. The van der Waals surface area contributed by atoms with Gasteiger partial charge in [-0.05, 0) is 39.8 Å². The Hall–Kier alpha value is -0.970. The third-order valence-electron chi connectivity index (χ3n) is 3.73. The molecule has 0 aliphatic rings. The zero-order chi connectivity index (χ0) is 15.7. The molecule has 2 rings (SSSR count). The highest BCUT2D eigenvalue weighted by molar-refractivity contribution is 6.42. The van der Waals surface area contributed by atoms with E-state index in [9.17, 15) is 0 Å². The average molecular weight is 329 g/mol. The van der Waals surface area contributed by atoms with Crippen LogP contribution in [0.25, 0.3) is 11.0 Å². The average Bonchev–Trinajstić information content (AvgIpc) is 2.65. The first-order chi connectivity index (χ1) is 9.81. The minimum atomic E-state index is 0.485. The van der Waals surface area contributed by atoms with Gasteiger partial charge >= 0.3 is 0 Å². The van der Waals surface area contributed by atoms with Crippen molar-refractivity contribution in [2.24, 2.45) is 0 Å². The lowest BCUT2D eigenvalue weighted by Crippen LogP contribution is -2.39. The predicted octanol–water partition coefficient (Wildman–Crippen LogP) is 4.04. The van der Waals surface area contributed by atoms with Crippen LogP contribution >= 0.6 is 23.2 Å². The lowest BCUT2D eigenvalue weighted by Gasteiger charge is -2.30. The van der Waals surface area contributed by atoms with Gasteiger partial charge in [0.2, 0.25) is 5.95 Å². The summed E-state index contributed by atoms with van der Waals surface area (Å²) in [5.74, 6) is 0.496. The smallest absolute Gasteiger partial charge is 0.201 e. The molecule has 1 heterocycles.